The van der Waals surface area contributed by atoms with Gasteiger partial charge in [-0.05, 0) is 42.9 Å². The average Bonchev–Trinajstić information content (AvgIpc) is 3.49. The Hall–Kier alpha value is -3.02. The van der Waals surface area contributed by atoms with Crippen molar-refractivity contribution in [1.82, 2.24) is 14.8 Å². The van der Waals surface area contributed by atoms with Gasteiger partial charge in [0.1, 0.15) is 0 Å². The summed E-state index contributed by atoms with van der Waals surface area (Å²) in [5, 5.41) is 0. The van der Waals surface area contributed by atoms with Crippen LogP contribution in [0.25, 0.3) is 0 Å². The van der Waals surface area contributed by atoms with Crippen LogP contribution in [0.4, 0.5) is 0 Å². The van der Waals surface area contributed by atoms with Crippen LogP contribution in [0.2, 0.25) is 0 Å². The van der Waals surface area contributed by atoms with E-state index in [4.69, 9.17) is 0 Å². The number of aromatic nitrogens is 1. The van der Waals surface area contributed by atoms with Crippen molar-refractivity contribution in [3.63, 3.8) is 0 Å². The minimum Gasteiger partial charge on any atom is -0.339 e. The summed E-state index contributed by atoms with van der Waals surface area (Å²) in [7, 11) is 0. The van der Waals surface area contributed by atoms with E-state index >= 15 is 0 Å². The fourth-order valence-corrected chi connectivity index (χ4v) is 5.61. The zero-order valence-corrected chi connectivity index (χ0v) is 17.6. The number of likely N-dealkylation sites (tertiary alicyclic amines) is 2. The molecule has 1 aromatic carbocycles. The van der Waals surface area contributed by atoms with Gasteiger partial charge in [-0.2, -0.15) is 0 Å². The maximum absolute atomic E-state index is 13.7. The molecule has 0 unspecified atom stereocenters. The predicted molar refractivity (Wildman–Crippen MR) is 115 cm³/mol. The fourth-order valence-electron chi connectivity index (χ4n) is 5.61. The van der Waals surface area contributed by atoms with E-state index in [0.29, 0.717) is 18.4 Å². The first-order valence-electron chi connectivity index (χ1n) is 11.2. The zero-order chi connectivity index (χ0) is 21.4. The van der Waals surface area contributed by atoms with Crippen LogP contribution in [0.15, 0.2) is 54.7 Å². The summed E-state index contributed by atoms with van der Waals surface area (Å²) >= 11 is 0. The standard InChI is InChI=1S/C25H27N3O3/c29-22-15-25(19-6-2-1-3-7-19,16-23(30)28-17-18-9-10-21(28)14-18)24(31)27(22)13-11-20-8-4-5-12-26-20/h1-8,12,18,21H,9-11,13-17H2/t18-,21-,25+/m1/s1. The highest BCUT2D eigenvalue weighted by atomic mass is 16.2. The predicted octanol–water partition coefficient (Wildman–Crippen LogP) is 2.72. The molecule has 31 heavy (non-hydrogen) atoms. The number of fused-ring (bicyclic) bond motifs is 2. The molecule has 0 N–H and O–H groups in total. The highest BCUT2D eigenvalue weighted by Crippen LogP contribution is 2.43. The molecule has 1 aromatic heterocycles. The number of piperidine rings is 1. The third-order valence-corrected chi connectivity index (χ3v) is 7.24. The molecular formula is C25H27N3O3. The van der Waals surface area contributed by atoms with Crippen LogP contribution in [-0.4, -0.2) is 51.6 Å². The summed E-state index contributed by atoms with van der Waals surface area (Å²) < 4.78 is 0. The second kappa shape index (κ2) is 7.91. The third kappa shape index (κ3) is 3.54. The molecule has 3 amide bonds. The van der Waals surface area contributed by atoms with Crippen LogP contribution in [0.5, 0.6) is 0 Å². The van der Waals surface area contributed by atoms with Gasteiger partial charge in [0.15, 0.2) is 0 Å². The smallest absolute Gasteiger partial charge is 0.240 e. The molecule has 5 rings (SSSR count). The van der Waals surface area contributed by atoms with E-state index in [0.717, 1.165) is 30.6 Å². The Labute approximate surface area is 182 Å². The van der Waals surface area contributed by atoms with E-state index < -0.39 is 5.41 Å². The zero-order valence-electron chi connectivity index (χ0n) is 17.6. The Balaban J connectivity index is 1.40. The van der Waals surface area contributed by atoms with Crippen molar-refractivity contribution in [2.75, 3.05) is 13.1 Å². The summed E-state index contributed by atoms with van der Waals surface area (Å²) in [5.41, 5.74) is 0.484. The Bertz CT molecular complexity index is 994. The van der Waals surface area contributed by atoms with Crippen LogP contribution in [0.1, 0.15) is 43.4 Å². The Morgan fingerprint density at radius 3 is 2.55 bits per heavy atom. The van der Waals surface area contributed by atoms with E-state index in [-0.39, 0.29) is 37.1 Å². The lowest BCUT2D eigenvalue weighted by molar-refractivity contribution is -0.143. The van der Waals surface area contributed by atoms with E-state index in [1.54, 1.807) is 6.20 Å². The Kier molecular flexibility index (Phi) is 5.08. The number of nitrogens with zero attached hydrogens (tertiary/aromatic N) is 3. The minimum atomic E-state index is -1.11. The van der Waals surface area contributed by atoms with Gasteiger partial charge < -0.3 is 4.90 Å². The summed E-state index contributed by atoms with van der Waals surface area (Å²) in [6.45, 7) is 1.08. The summed E-state index contributed by atoms with van der Waals surface area (Å²) in [6.07, 6.45) is 5.64. The number of carbonyl (C=O) groups excluding carboxylic acids is 3. The number of amides is 3. The lowest BCUT2D eigenvalue weighted by Crippen LogP contribution is -2.45. The van der Waals surface area contributed by atoms with Gasteiger partial charge >= 0.3 is 0 Å². The van der Waals surface area contributed by atoms with Crippen LogP contribution in [0, 0.1) is 5.92 Å². The van der Waals surface area contributed by atoms with Crippen LogP contribution >= 0.6 is 0 Å². The van der Waals surface area contributed by atoms with E-state index in [2.05, 4.69) is 4.98 Å². The van der Waals surface area contributed by atoms with Crippen molar-refractivity contribution >= 4 is 17.7 Å². The maximum atomic E-state index is 13.7. The van der Waals surface area contributed by atoms with Crippen molar-refractivity contribution in [1.29, 1.82) is 0 Å². The lowest BCUT2D eigenvalue weighted by atomic mass is 9.75. The number of hydrogen-bond acceptors (Lipinski definition) is 4. The lowest BCUT2D eigenvalue weighted by Gasteiger charge is -2.32. The first-order valence-corrected chi connectivity index (χ1v) is 11.2. The fraction of sp³-hybridized carbons (Fsp3) is 0.440. The van der Waals surface area contributed by atoms with Gasteiger partial charge in [-0.25, -0.2) is 0 Å². The number of imide groups is 1. The van der Waals surface area contributed by atoms with Crippen LogP contribution < -0.4 is 0 Å². The molecule has 3 fully saturated rings. The van der Waals surface area contributed by atoms with Crippen molar-refractivity contribution in [2.45, 2.75) is 50.0 Å². The molecule has 2 bridgehead atoms. The van der Waals surface area contributed by atoms with Gasteiger partial charge in [-0.3, -0.25) is 24.3 Å². The van der Waals surface area contributed by atoms with Gasteiger partial charge in [-0.1, -0.05) is 36.4 Å². The molecule has 1 saturated carbocycles. The van der Waals surface area contributed by atoms with Gasteiger partial charge in [-0.15, -0.1) is 0 Å². The summed E-state index contributed by atoms with van der Waals surface area (Å²) in [5.74, 6) is 0.138. The number of hydrogen-bond donors (Lipinski definition) is 0. The van der Waals surface area contributed by atoms with Gasteiger partial charge in [0, 0.05) is 50.3 Å². The second-order valence-corrected chi connectivity index (χ2v) is 9.10. The monoisotopic (exact) mass is 417 g/mol. The van der Waals surface area contributed by atoms with Gasteiger partial charge in [0.05, 0.1) is 5.41 Å². The van der Waals surface area contributed by atoms with Crippen molar-refractivity contribution in [2.24, 2.45) is 5.92 Å². The molecule has 3 heterocycles. The summed E-state index contributed by atoms with van der Waals surface area (Å²) in [4.78, 5) is 47.6. The largest absolute Gasteiger partial charge is 0.339 e. The van der Waals surface area contributed by atoms with E-state index in [1.807, 2.05) is 53.4 Å². The summed E-state index contributed by atoms with van der Waals surface area (Å²) in [6, 6.07) is 15.3. The Morgan fingerprint density at radius 1 is 1.06 bits per heavy atom. The molecule has 2 aliphatic heterocycles. The van der Waals surface area contributed by atoms with E-state index in [9.17, 15) is 14.4 Å². The van der Waals surface area contributed by atoms with Crippen molar-refractivity contribution in [3.05, 3.63) is 66.0 Å². The first-order chi connectivity index (χ1) is 15.1. The van der Waals surface area contributed by atoms with Gasteiger partial charge in [0.2, 0.25) is 17.7 Å². The normalized spacial score (nSPS) is 27.4. The number of carbonyl (C=O) groups is 3. The molecule has 0 spiro atoms. The molecule has 0 radical (unpaired) electrons. The molecule has 160 valence electrons. The Morgan fingerprint density at radius 2 is 1.87 bits per heavy atom. The third-order valence-electron chi connectivity index (χ3n) is 7.24. The molecule has 3 aliphatic rings. The first kappa shape index (κ1) is 19.9. The topological polar surface area (TPSA) is 70.6 Å². The van der Waals surface area contributed by atoms with Crippen molar-refractivity contribution in [3.8, 4) is 0 Å². The van der Waals surface area contributed by atoms with E-state index in [1.165, 1.54) is 11.3 Å². The number of benzene rings is 1. The van der Waals surface area contributed by atoms with Crippen LogP contribution in [0.3, 0.4) is 0 Å². The number of pyridine rings is 1. The molecular weight excluding hydrogens is 390 g/mol. The maximum Gasteiger partial charge on any atom is 0.240 e. The molecule has 1 aliphatic carbocycles. The molecule has 6 heteroatoms. The second-order valence-electron chi connectivity index (χ2n) is 9.10. The highest BCUT2D eigenvalue weighted by Gasteiger charge is 2.54. The highest BCUT2D eigenvalue weighted by molar-refractivity contribution is 6.10. The molecule has 2 aromatic rings. The average molecular weight is 418 g/mol. The molecule has 3 atom stereocenters. The van der Waals surface area contributed by atoms with Crippen LogP contribution in [-0.2, 0) is 26.2 Å². The molecule has 6 nitrogen and oxygen atoms in total. The number of rotatable bonds is 6. The SMILES string of the molecule is O=C1C[C@](CC(=O)N2C[C@@H]3CC[C@@H]2C3)(c2ccccc2)C(=O)N1CCc1ccccn1. The quantitative estimate of drug-likeness (QED) is 0.678. The molecule has 2 saturated heterocycles. The minimum absolute atomic E-state index is 0.00350. The van der Waals surface area contributed by atoms with Gasteiger partial charge in [0.25, 0.3) is 0 Å². The van der Waals surface area contributed by atoms with Crippen molar-refractivity contribution < 1.29 is 14.4 Å².